The van der Waals surface area contributed by atoms with E-state index < -0.39 is 0 Å². The Bertz CT molecular complexity index is 297. The number of nitrogens with zero attached hydrogens (tertiary/aromatic N) is 1. The number of carbonyl (C=O) groups is 1. The van der Waals surface area contributed by atoms with Crippen molar-refractivity contribution < 1.29 is 4.79 Å². The molecule has 0 aliphatic heterocycles. The second-order valence-electron chi connectivity index (χ2n) is 2.44. The number of rotatable bonds is 4. The molecule has 1 N–H and O–H groups in total. The van der Waals surface area contributed by atoms with Gasteiger partial charge in [-0.25, -0.2) is 0 Å². The van der Waals surface area contributed by atoms with Crippen molar-refractivity contribution in [3.05, 3.63) is 23.3 Å². The van der Waals surface area contributed by atoms with Crippen LogP contribution in [0.5, 0.6) is 0 Å². The SMILES string of the molecule is C=C(Br)CCC(=O)Nc1ccns1. The molecule has 0 aliphatic carbocycles. The van der Waals surface area contributed by atoms with Crippen LogP contribution in [0.4, 0.5) is 5.00 Å². The Labute approximate surface area is 89.1 Å². The molecule has 0 saturated carbocycles. The molecule has 0 radical (unpaired) electrons. The van der Waals surface area contributed by atoms with E-state index in [2.05, 4.69) is 32.2 Å². The van der Waals surface area contributed by atoms with Crippen molar-refractivity contribution in [2.24, 2.45) is 0 Å². The zero-order valence-corrected chi connectivity index (χ0v) is 9.32. The highest BCUT2D eigenvalue weighted by Crippen LogP contribution is 2.14. The largest absolute Gasteiger partial charge is 0.316 e. The van der Waals surface area contributed by atoms with Gasteiger partial charge < -0.3 is 5.32 Å². The Kier molecular flexibility index (Phi) is 4.11. The predicted molar refractivity (Wildman–Crippen MR) is 58.0 cm³/mol. The van der Waals surface area contributed by atoms with Crippen molar-refractivity contribution in [1.82, 2.24) is 4.37 Å². The van der Waals surface area contributed by atoms with Crippen LogP contribution in [0.3, 0.4) is 0 Å². The maximum atomic E-state index is 11.2. The number of carbonyl (C=O) groups excluding carboxylic acids is 1. The van der Waals surface area contributed by atoms with E-state index in [1.54, 1.807) is 12.3 Å². The number of hydrogen-bond acceptors (Lipinski definition) is 3. The smallest absolute Gasteiger partial charge is 0.225 e. The van der Waals surface area contributed by atoms with Crippen molar-refractivity contribution in [3.63, 3.8) is 0 Å². The van der Waals surface area contributed by atoms with E-state index in [0.29, 0.717) is 12.8 Å². The van der Waals surface area contributed by atoms with Gasteiger partial charge in [0, 0.05) is 12.6 Å². The molecule has 1 rings (SSSR count). The van der Waals surface area contributed by atoms with Gasteiger partial charge in [-0.2, -0.15) is 4.37 Å². The second kappa shape index (κ2) is 5.14. The number of amides is 1. The van der Waals surface area contributed by atoms with Crippen LogP contribution in [0.15, 0.2) is 23.3 Å². The molecular weight excluding hydrogens is 252 g/mol. The highest BCUT2D eigenvalue weighted by Gasteiger charge is 2.03. The summed E-state index contributed by atoms with van der Waals surface area (Å²) in [4.78, 5) is 11.2. The van der Waals surface area contributed by atoms with Crippen LogP contribution in [0, 0.1) is 0 Å². The topological polar surface area (TPSA) is 42.0 Å². The summed E-state index contributed by atoms with van der Waals surface area (Å²) in [7, 11) is 0. The summed E-state index contributed by atoms with van der Waals surface area (Å²) in [6.45, 7) is 3.65. The third kappa shape index (κ3) is 4.19. The molecule has 1 amide bonds. The van der Waals surface area contributed by atoms with Crippen LogP contribution in [0.1, 0.15) is 12.8 Å². The monoisotopic (exact) mass is 260 g/mol. The number of halogens is 1. The highest BCUT2D eigenvalue weighted by molar-refractivity contribution is 9.11. The summed E-state index contributed by atoms with van der Waals surface area (Å²) in [5.74, 6) is -0.00940. The molecule has 0 spiro atoms. The van der Waals surface area contributed by atoms with Crippen LogP contribution in [-0.4, -0.2) is 10.3 Å². The summed E-state index contributed by atoms with van der Waals surface area (Å²) in [5.41, 5.74) is 0. The van der Waals surface area contributed by atoms with Crippen molar-refractivity contribution in [2.75, 3.05) is 5.32 Å². The summed E-state index contributed by atoms with van der Waals surface area (Å²) >= 11 is 4.47. The average molecular weight is 261 g/mol. The first-order valence-electron chi connectivity index (χ1n) is 3.72. The fourth-order valence-corrected chi connectivity index (χ4v) is 1.44. The zero-order valence-electron chi connectivity index (χ0n) is 6.92. The van der Waals surface area contributed by atoms with Crippen molar-refractivity contribution in [1.29, 1.82) is 0 Å². The van der Waals surface area contributed by atoms with E-state index in [1.165, 1.54) is 11.5 Å². The summed E-state index contributed by atoms with van der Waals surface area (Å²) in [6, 6.07) is 1.77. The minimum atomic E-state index is -0.00940. The highest BCUT2D eigenvalue weighted by atomic mass is 79.9. The van der Waals surface area contributed by atoms with Gasteiger partial charge in [-0.1, -0.05) is 22.5 Å². The molecule has 0 aliphatic rings. The van der Waals surface area contributed by atoms with E-state index in [0.717, 1.165) is 9.48 Å². The molecule has 1 heterocycles. The van der Waals surface area contributed by atoms with E-state index in [4.69, 9.17) is 0 Å². The van der Waals surface area contributed by atoms with Crippen LogP contribution in [-0.2, 0) is 4.79 Å². The maximum absolute atomic E-state index is 11.2. The molecule has 0 aromatic carbocycles. The molecule has 1 aromatic heterocycles. The van der Waals surface area contributed by atoms with Crippen LogP contribution >= 0.6 is 27.5 Å². The molecule has 70 valence electrons. The number of nitrogens with one attached hydrogen (secondary N) is 1. The molecule has 0 atom stereocenters. The van der Waals surface area contributed by atoms with E-state index in [-0.39, 0.29) is 5.91 Å². The summed E-state index contributed by atoms with van der Waals surface area (Å²) in [6.07, 6.45) is 2.76. The van der Waals surface area contributed by atoms with Gasteiger partial charge in [-0.3, -0.25) is 4.79 Å². The van der Waals surface area contributed by atoms with Crippen molar-refractivity contribution >= 4 is 38.4 Å². The second-order valence-corrected chi connectivity index (χ2v) is 4.40. The van der Waals surface area contributed by atoms with Gasteiger partial charge in [0.2, 0.25) is 5.91 Å². The first-order valence-corrected chi connectivity index (χ1v) is 5.29. The van der Waals surface area contributed by atoms with Crippen LogP contribution in [0.2, 0.25) is 0 Å². The van der Waals surface area contributed by atoms with Gasteiger partial charge in [0.1, 0.15) is 5.00 Å². The van der Waals surface area contributed by atoms with Crippen molar-refractivity contribution in [2.45, 2.75) is 12.8 Å². The molecule has 0 saturated heterocycles. The van der Waals surface area contributed by atoms with Crippen LogP contribution < -0.4 is 5.32 Å². The van der Waals surface area contributed by atoms with E-state index in [1.807, 2.05) is 0 Å². The Morgan fingerprint density at radius 3 is 3.00 bits per heavy atom. The molecular formula is C8H9BrN2OS. The normalized spacial score (nSPS) is 9.62. The minimum Gasteiger partial charge on any atom is -0.316 e. The van der Waals surface area contributed by atoms with Gasteiger partial charge in [-0.05, 0) is 28.5 Å². The van der Waals surface area contributed by atoms with E-state index >= 15 is 0 Å². The zero-order chi connectivity index (χ0) is 9.68. The Morgan fingerprint density at radius 1 is 1.69 bits per heavy atom. The Morgan fingerprint density at radius 2 is 2.46 bits per heavy atom. The molecule has 0 unspecified atom stereocenters. The first-order chi connectivity index (χ1) is 6.18. The van der Waals surface area contributed by atoms with Crippen molar-refractivity contribution in [3.8, 4) is 0 Å². The fraction of sp³-hybridized carbons (Fsp3) is 0.250. The number of aromatic nitrogens is 1. The molecule has 0 fully saturated rings. The Balaban J connectivity index is 2.30. The lowest BCUT2D eigenvalue weighted by molar-refractivity contribution is -0.116. The first kappa shape index (κ1) is 10.4. The van der Waals surface area contributed by atoms with Gasteiger partial charge in [0.15, 0.2) is 0 Å². The van der Waals surface area contributed by atoms with Gasteiger partial charge in [0.25, 0.3) is 0 Å². The lowest BCUT2D eigenvalue weighted by Gasteiger charge is -1.99. The molecule has 0 bridgehead atoms. The fourth-order valence-electron chi connectivity index (χ4n) is 0.729. The number of hydrogen-bond donors (Lipinski definition) is 1. The lowest BCUT2D eigenvalue weighted by atomic mass is 10.3. The number of allylic oxidation sites excluding steroid dienone is 1. The standard InChI is InChI=1S/C8H9BrN2OS/c1-6(9)2-3-7(12)11-8-4-5-10-13-8/h4-5H,1-3H2,(H,11,12). The summed E-state index contributed by atoms with van der Waals surface area (Å²) in [5, 5.41) is 3.51. The van der Waals surface area contributed by atoms with Crippen LogP contribution in [0.25, 0.3) is 0 Å². The molecule has 3 nitrogen and oxygen atoms in total. The minimum absolute atomic E-state index is 0.00940. The number of anilines is 1. The third-order valence-corrected chi connectivity index (χ3v) is 2.38. The van der Waals surface area contributed by atoms with Gasteiger partial charge in [-0.15, -0.1) is 0 Å². The molecule has 13 heavy (non-hydrogen) atoms. The predicted octanol–water partition coefficient (Wildman–Crippen LogP) is 2.77. The van der Waals surface area contributed by atoms with Gasteiger partial charge >= 0.3 is 0 Å². The quantitative estimate of drug-likeness (QED) is 0.905. The maximum Gasteiger partial charge on any atom is 0.225 e. The van der Waals surface area contributed by atoms with E-state index in [9.17, 15) is 4.79 Å². The Hall–Kier alpha value is -0.680. The molecule has 5 heteroatoms. The molecule has 1 aromatic rings. The average Bonchev–Trinajstić information content (AvgIpc) is 2.53. The van der Waals surface area contributed by atoms with Gasteiger partial charge in [0.05, 0.1) is 0 Å². The third-order valence-electron chi connectivity index (χ3n) is 1.32. The summed E-state index contributed by atoms with van der Waals surface area (Å²) < 4.78 is 4.71. The lowest BCUT2D eigenvalue weighted by Crippen LogP contribution is -2.09.